The van der Waals surface area contributed by atoms with Crippen LogP contribution >= 0.6 is 0 Å². The summed E-state index contributed by atoms with van der Waals surface area (Å²) in [5, 5.41) is 0. The Hall–Kier alpha value is -0.820. The second kappa shape index (κ2) is 7.09. The van der Waals surface area contributed by atoms with Crippen LogP contribution in [0, 0.1) is 5.92 Å². The average molecular weight is 259 g/mol. The number of rotatable bonds is 4. The van der Waals surface area contributed by atoms with Crippen molar-refractivity contribution in [3.05, 3.63) is 35.4 Å². The molecule has 3 rings (SSSR count). The third-order valence-electron chi connectivity index (χ3n) is 4.72. The summed E-state index contributed by atoms with van der Waals surface area (Å²) < 4.78 is 0. The van der Waals surface area contributed by atoms with Gasteiger partial charge < -0.3 is 4.90 Å². The van der Waals surface area contributed by atoms with Gasteiger partial charge in [-0.2, -0.15) is 0 Å². The molecule has 1 atom stereocenters. The summed E-state index contributed by atoms with van der Waals surface area (Å²) in [6, 6.07) is 9.90. The Kier molecular flexibility index (Phi) is 5.45. The summed E-state index contributed by atoms with van der Waals surface area (Å²) in [7, 11) is 2.26. The largest absolute Gasteiger partial charge is 0.303 e. The maximum Gasteiger partial charge on any atom is 0.0104 e. The predicted molar refractivity (Wildman–Crippen MR) is 83.6 cm³/mol. The zero-order valence-corrected chi connectivity index (χ0v) is 12.9. The molecule has 0 aromatic heterocycles. The van der Waals surface area contributed by atoms with Crippen LogP contribution in [0.2, 0.25) is 0 Å². The van der Waals surface area contributed by atoms with Crippen molar-refractivity contribution < 1.29 is 0 Å². The van der Waals surface area contributed by atoms with E-state index < -0.39 is 0 Å². The predicted octanol–water partition coefficient (Wildman–Crippen LogP) is 4.30. The Morgan fingerprint density at radius 3 is 2.16 bits per heavy atom. The highest BCUT2D eigenvalue weighted by Crippen LogP contribution is 2.30. The molecule has 1 aromatic rings. The smallest absolute Gasteiger partial charge is 0.0104 e. The van der Waals surface area contributed by atoms with E-state index in [1.807, 2.05) is 13.8 Å². The molecule has 0 N–H and O–H groups in total. The van der Waals surface area contributed by atoms with Crippen molar-refractivity contribution in [3.8, 4) is 0 Å². The molecule has 19 heavy (non-hydrogen) atoms. The zero-order chi connectivity index (χ0) is 13.7. The first-order chi connectivity index (χ1) is 9.33. The molecule has 1 aliphatic carbocycles. The zero-order valence-electron chi connectivity index (χ0n) is 12.9. The first-order valence-electron chi connectivity index (χ1n) is 8.10. The van der Waals surface area contributed by atoms with Crippen LogP contribution in [0.4, 0.5) is 0 Å². The summed E-state index contributed by atoms with van der Waals surface area (Å²) in [6.07, 6.45) is 8.37. The van der Waals surface area contributed by atoms with E-state index in [-0.39, 0.29) is 0 Å². The van der Waals surface area contributed by atoms with Gasteiger partial charge in [-0.05, 0) is 62.7 Å². The first-order valence-corrected chi connectivity index (χ1v) is 8.10. The minimum Gasteiger partial charge on any atom is -0.303 e. The van der Waals surface area contributed by atoms with E-state index in [1.165, 1.54) is 45.1 Å². The summed E-state index contributed by atoms with van der Waals surface area (Å²) in [6.45, 7) is 5.32. The second-order valence-electron chi connectivity index (χ2n) is 5.90. The van der Waals surface area contributed by atoms with Gasteiger partial charge in [-0.1, -0.05) is 44.5 Å². The molecule has 1 heterocycles. The first kappa shape index (κ1) is 14.6. The van der Waals surface area contributed by atoms with Crippen LogP contribution in [-0.4, -0.2) is 24.5 Å². The van der Waals surface area contributed by atoms with Gasteiger partial charge in [-0.15, -0.1) is 0 Å². The van der Waals surface area contributed by atoms with Crippen LogP contribution in [0.5, 0.6) is 0 Å². The molecule has 2 aliphatic rings. The number of fused-ring (bicyclic) bond motifs is 1. The van der Waals surface area contributed by atoms with Crippen LogP contribution in [0.1, 0.15) is 50.7 Å². The molecule has 1 nitrogen and oxygen atoms in total. The summed E-state index contributed by atoms with van der Waals surface area (Å²) in [5.41, 5.74) is 3.22. The minimum absolute atomic E-state index is 0.902. The van der Waals surface area contributed by atoms with Gasteiger partial charge in [-0.25, -0.2) is 0 Å². The maximum atomic E-state index is 2.50. The Balaban J connectivity index is 0.000000637. The molecule has 0 spiro atoms. The molecule has 0 amide bonds. The van der Waals surface area contributed by atoms with E-state index in [2.05, 4.69) is 36.2 Å². The summed E-state index contributed by atoms with van der Waals surface area (Å²) >= 11 is 0. The number of likely N-dealkylation sites (tertiary alicyclic amines) is 1. The van der Waals surface area contributed by atoms with E-state index >= 15 is 0 Å². The lowest BCUT2D eigenvalue weighted by atomic mass is 9.93. The molecule has 1 saturated heterocycles. The van der Waals surface area contributed by atoms with Crippen LogP contribution in [-0.2, 0) is 12.8 Å². The van der Waals surface area contributed by atoms with Crippen molar-refractivity contribution in [2.45, 2.75) is 58.4 Å². The van der Waals surface area contributed by atoms with Gasteiger partial charge in [0.25, 0.3) is 0 Å². The molecule has 0 bridgehead atoms. The molecular weight excluding hydrogens is 230 g/mol. The van der Waals surface area contributed by atoms with Crippen molar-refractivity contribution in [2.24, 2.45) is 5.92 Å². The van der Waals surface area contributed by atoms with E-state index in [4.69, 9.17) is 0 Å². The monoisotopic (exact) mass is 259 g/mol. The van der Waals surface area contributed by atoms with Crippen molar-refractivity contribution in [3.63, 3.8) is 0 Å². The number of nitrogens with zero attached hydrogens (tertiary/aromatic N) is 1. The Labute approximate surface area is 119 Å². The third kappa shape index (κ3) is 3.60. The summed E-state index contributed by atoms with van der Waals surface area (Å²) in [4.78, 5) is 2.50. The van der Waals surface area contributed by atoms with Crippen LogP contribution in [0.3, 0.4) is 0 Å². The molecule has 0 saturated carbocycles. The summed E-state index contributed by atoms with van der Waals surface area (Å²) in [5.74, 6) is 0.929. The molecule has 1 aliphatic heterocycles. The number of benzene rings is 1. The van der Waals surface area contributed by atoms with E-state index in [0.29, 0.717) is 0 Å². The van der Waals surface area contributed by atoms with E-state index in [9.17, 15) is 0 Å². The topological polar surface area (TPSA) is 3.24 Å². The van der Waals surface area contributed by atoms with Crippen molar-refractivity contribution in [1.29, 1.82) is 0 Å². The van der Waals surface area contributed by atoms with Crippen molar-refractivity contribution in [2.75, 3.05) is 13.6 Å². The number of hydrogen-bond donors (Lipinski definition) is 0. The lowest BCUT2D eigenvalue weighted by Crippen LogP contribution is -2.44. The molecular formula is C18H29N. The fourth-order valence-electron chi connectivity index (χ4n) is 3.43. The van der Waals surface area contributed by atoms with Crippen LogP contribution in [0.15, 0.2) is 24.3 Å². The minimum atomic E-state index is 0.902. The van der Waals surface area contributed by atoms with Crippen molar-refractivity contribution in [1.82, 2.24) is 4.90 Å². The Morgan fingerprint density at radius 1 is 1.05 bits per heavy atom. The molecule has 1 fully saturated rings. The van der Waals surface area contributed by atoms with Gasteiger partial charge in [0.15, 0.2) is 0 Å². The number of hydrogen-bond acceptors (Lipinski definition) is 1. The standard InChI is InChI=1S/C16H23N.C2H6/c1-17-10-9-16(17)8-4-5-13-11-14-6-2-3-7-15(14)12-13;1-2/h2-3,6-7,13,16H,4-5,8-12H2,1H3;1-2H3. The lowest BCUT2D eigenvalue weighted by Gasteiger charge is -2.38. The molecule has 0 radical (unpaired) electrons. The van der Waals surface area contributed by atoms with Gasteiger partial charge in [0, 0.05) is 6.04 Å². The average Bonchev–Trinajstić information content (AvgIpc) is 2.86. The van der Waals surface area contributed by atoms with Gasteiger partial charge in [0.2, 0.25) is 0 Å². The molecule has 1 unspecified atom stereocenters. The van der Waals surface area contributed by atoms with Gasteiger partial charge >= 0.3 is 0 Å². The SMILES string of the molecule is CC.CN1CCC1CCCC1Cc2ccccc2C1. The third-order valence-corrected chi connectivity index (χ3v) is 4.72. The fourth-order valence-corrected chi connectivity index (χ4v) is 3.43. The lowest BCUT2D eigenvalue weighted by molar-refractivity contribution is 0.114. The Morgan fingerprint density at radius 2 is 1.68 bits per heavy atom. The highest BCUT2D eigenvalue weighted by atomic mass is 15.2. The van der Waals surface area contributed by atoms with E-state index in [0.717, 1.165) is 12.0 Å². The second-order valence-corrected chi connectivity index (χ2v) is 5.90. The van der Waals surface area contributed by atoms with Crippen molar-refractivity contribution >= 4 is 0 Å². The normalized spacial score (nSPS) is 22.4. The van der Waals surface area contributed by atoms with Crippen LogP contribution in [0.25, 0.3) is 0 Å². The highest BCUT2D eigenvalue weighted by Gasteiger charge is 2.25. The quantitative estimate of drug-likeness (QED) is 0.779. The molecule has 1 aromatic carbocycles. The van der Waals surface area contributed by atoms with Gasteiger partial charge in [-0.3, -0.25) is 0 Å². The molecule has 106 valence electrons. The van der Waals surface area contributed by atoms with Gasteiger partial charge in [0.05, 0.1) is 0 Å². The van der Waals surface area contributed by atoms with Gasteiger partial charge in [0.1, 0.15) is 0 Å². The Bertz CT molecular complexity index is 360. The highest BCUT2D eigenvalue weighted by molar-refractivity contribution is 5.31. The van der Waals surface area contributed by atoms with Crippen LogP contribution < -0.4 is 0 Å². The fraction of sp³-hybridized carbons (Fsp3) is 0.667. The maximum absolute atomic E-state index is 2.50. The van der Waals surface area contributed by atoms with E-state index in [1.54, 1.807) is 11.1 Å². The molecule has 1 heteroatoms.